The van der Waals surface area contributed by atoms with Crippen molar-refractivity contribution in [1.29, 1.82) is 0 Å². The minimum atomic E-state index is 0.123. The summed E-state index contributed by atoms with van der Waals surface area (Å²) in [5.41, 5.74) is 0. The molecular formula is C8H7ClN2. The minimum Gasteiger partial charge on any atom is -0.283 e. The van der Waals surface area contributed by atoms with Gasteiger partial charge in [-0.05, 0) is 12.2 Å². The molecule has 2 nitrogen and oxygen atoms in total. The van der Waals surface area contributed by atoms with E-state index in [1.807, 2.05) is 18.2 Å². The molecule has 56 valence electrons. The highest BCUT2D eigenvalue weighted by Crippen LogP contribution is 2.16. The zero-order valence-electron chi connectivity index (χ0n) is 5.81. The molecule has 0 bridgehead atoms. The Bertz CT molecular complexity index is 276. The second-order valence-corrected chi connectivity index (χ2v) is 2.86. The Morgan fingerprint density at radius 3 is 3.09 bits per heavy atom. The maximum absolute atomic E-state index is 5.71. The van der Waals surface area contributed by atoms with Gasteiger partial charge in [0.05, 0.1) is 12.1 Å². The van der Waals surface area contributed by atoms with Crippen LogP contribution in [-0.2, 0) is 0 Å². The third kappa shape index (κ3) is 1.26. The minimum absolute atomic E-state index is 0.123. The molecule has 11 heavy (non-hydrogen) atoms. The standard InChI is InChI=1S/C8H7ClN2/c9-8-4-3-6-7(11-8)2-1-5-10-6/h1-7H. The van der Waals surface area contributed by atoms with Gasteiger partial charge >= 0.3 is 0 Å². The van der Waals surface area contributed by atoms with Crippen LogP contribution in [-0.4, -0.2) is 23.5 Å². The van der Waals surface area contributed by atoms with Crippen LogP contribution >= 0.6 is 11.6 Å². The molecular weight excluding hydrogens is 160 g/mol. The van der Waals surface area contributed by atoms with Crippen LogP contribution in [0.1, 0.15) is 0 Å². The molecule has 2 unspecified atom stereocenters. The molecule has 0 radical (unpaired) electrons. The number of hydrogen-bond donors (Lipinski definition) is 0. The van der Waals surface area contributed by atoms with E-state index in [4.69, 9.17) is 11.6 Å². The van der Waals surface area contributed by atoms with Crippen LogP contribution in [0.4, 0.5) is 0 Å². The number of nitrogens with zero attached hydrogens (tertiary/aromatic N) is 2. The fourth-order valence-corrected chi connectivity index (χ4v) is 1.35. The molecule has 2 aliphatic rings. The van der Waals surface area contributed by atoms with Crippen molar-refractivity contribution in [3.05, 3.63) is 24.3 Å². The van der Waals surface area contributed by atoms with Crippen LogP contribution in [0.5, 0.6) is 0 Å². The lowest BCUT2D eigenvalue weighted by Gasteiger charge is -2.19. The smallest absolute Gasteiger partial charge is 0.124 e. The van der Waals surface area contributed by atoms with Gasteiger partial charge in [0.15, 0.2) is 0 Å². The van der Waals surface area contributed by atoms with Crippen LogP contribution in [0.3, 0.4) is 0 Å². The van der Waals surface area contributed by atoms with Crippen LogP contribution in [0.15, 0.2) is 34.3 Å². The van der Waals surface area contributed by atoms with Crippen LogP contribution in [0.25, 0.3) is 0 Å². The molecule has 0 aliphatic carbocycles. The Hall–Kier alpha value is -0.890. The molecule has 0 aromatic rings. The molecule has 2 atom stereocenters. The van der Waals surface area contributed by atoms with Crippen LogP contribution in [0.2, 0.25) is 0 Å². The van der Waals surface area contributed by atoms with Crippen LogP contribution < -0.4 is 0 Å². The highest BCUT2D eigenvalue weighted by Gasteiger charge is 2.19. The molecule has 2 heterocycles. The predicted octanol–water partition coefficient (Wildman–Crippen LogP) is 1.57. The predicted molar refractivity (Wildman–Crippen MR) is 47.6 cm³/mol. The largest absolute Gasteiger partial charge is 0.283 e. The number of rotatable bonds is 0. The normalized spacial score (nSPS) is 33.4. The van der Waals surface area contributed by atoms with Crippen molar-refractivity contribution in [3.63, 3.8) is 0 Å². The topological polar surface area (TPSA) is 24.7 Å². The van der Waals surface area contributed by atoms with Gasteiger partial charge in [-0.2, -0.15) is 0 Å². The Morgan fingerprint density at radius 1 is 1.27 bits per heavy atom. The molecule has 0 saturated carbocycles. The van der Waals surface area contributed by atoms with Crippen LogP contribution in [0, 0.1) is 0 Å². The highest BCUT2D eigenvalue weighted by atomic mass is 35.5. The average Bonchev–Trinajstić information content (AvgIpc) is 2.04. The van der Waals surface area contributed by atoms with Crippen molar-refractivity contribution in [2.45, 2.75) is 12.1 Å². The highest BCUT2D eigenvalue weighted by molar-refractivity contribution is 6.68. The molecule has 3 heteroatoms. The number of allylic oxidation sites excluding steroid dienone is 2. The first-order valence-corrected chi connectivity index (χ1v) is 3.85. The lowest BCUT2D eigenvalue weighted by atomic mass is 10.1. The molecule has 0 aromatic carbocycles. The molecule has 0 amide bonds. The summed E-state index contributed by atoms with van der Waals surface area (Å²) in [6.45, 7) is 0. The van der Waals surface area contributed by atoms with Crippen molar-refractivity contribution in [1.82, 2.24) is 0 Å². The Balaban J connectivity index is 2.29. The van der Waals surface area contributed by atoms with E-state index in [1.165, 1.54) is 0 Å². The number of hydrogen-bond acceptors (Lipinski definition) is 2. The number of halogens is 1. The summed E-state index contributed by atoms with van der Waals surface area (Å²) < 4.78 is 0. The van der Waals surface area contributed by atoms with E-state index in [1.54, 1.807) is 12.3 Å². The van der Waals surface area contributed by atoms with Crippen molar-refractivity contribution < 1.29 is 0 Å². The Labute approximate surface area is 70.0 Å². The fourth-order valence-electron chi connectivity index (χ4n) is 1.16. The molecule has 2 aliphatic heterocycles. The van der Waals surface area contributed by atoms with E-state index in [0.29, 0.717) is 5.17 Å². The van der Waals surface area contributed by atoms with Gasteiger partial charge in [-0.15, -0.1) is 0 Å². The summed E-state index contributed by atoms with van der Waals surface area (Å²) in [6, 6.07) is 0.292. The first kappa shape index (κ1) is 6.80. The van der Waals surface area contributed by atoms with E-state index < -0.39 is 0 Å². The fraction of sp³-hybridized carbons (Fsp3) is 0.250. The van der Waals surface area contributed by atoms with Gasteiger partial charge in [0.1, 0.15) is 5.17 Å². The summed E-state index contributed by atoms with van der Waals surface area (Å²) in [6.07, 6.45) is 9.46. The summed E-state index contributed by atoms with van der Waals surface area (Å²) in [4.78, 5) is 8.42. The monoisotopic (exact) mass is 166 g/mol. The lowest BCUT2D eigenvalue weighted by Crippen LogP contribution is -2.24. The first-order chi connectivity index (χ1) is 5.36. The third-order valence-corrected chi connectivity index (χ3v) is 1.93. The molecule has 0 saturated heterocycles. The second kappa shape index (κ2) is 2.62. The molecule has 0 spiro atoms. The van der Waals surface area contributed by atoms with E-state index >= 15 is 0 Å². The van der Waals surface area contributed by atoms with E-state index in [2.05, 4.69) is 9.98 Å². The number of aliphatic imine (C=N–C) groups is 2. The SMILES string of the molecule is ClC1=NC2C=CC=NC2C=C1. The summed E-state index contributed by atoms with van der Waals surface area (Å²) in [5.74, 6) is 0. The average molecular weight is 167 g/mol. The van der Waals surface area contributed by atoms with Gasteiger partial charge in [0.25, 0.3) is 0 Å². The van der Waals surface area contributed by atoms with Crippen molar-refractivity contribution in [2.24, 2.45) is 9.98 Å². The number of dihydropyridines is 2. The van der Waals surface area contributed by atoms with Crippen molar-refractivity contribution in [3.8, 4) is 0 Å². The first-order valence-electron chi connectivity index (χ1n) is 3.48. The van der Waals surface area contributed by atoms with Crippen molar-refractivity contribution >= 4 is 23.0 Å². The Morgan fingerprint density at radius 2 is 2.18 bits per heavy atom. The zero-order chi connectivity index (χ0) is 7.68. The van der Waals surface area contributed by atoms with Gasteiger partial charge in [0, 0.05) is 6.21 Å². The lowest BCUT2D eigenvalue weighted by molar-refractivity contribution is 0.702. The van der Waals surface area contributed by atoms with Gasteiger partial charge in [-0.25, -0.2) is 0 Å². The summed E-state index contributed by atoms with van der Waals surface area (Å²) >= 11 is 5.71. The summed E-state index contributed by atoms with van der Waals surface area (Å²) in [7, 11) is 0. The maximum Gasteiger partial charge on any atom is 0.124 e. The van der Waals surface area contributed by atoms with Gasteiger partial charge in [-0.3, -0.25) is 9.98 Å². The van der Waals surface area contributed by atoms with E-state index in [9.17, 15) is 0 Å². The van der Waals surface area contributed by atoms with E-state index in [-0.39, 0.29) is 12.1 Å². The molecule has 0 N–H and O–H groups in total. The Kier molecular flexibility index (Phi) is 1.62. The third-order valence-electron chi connectivity index (χ3n) is 1.71. The van der Waals surface area contributed by atoms with Gasteiger partial charge in [0.2, 0.25) is 0 Å². The van der Waals surface area contributed by atoms with Gasteiger partial charge in [-0.1, -0.05) is 23.8 Å². The second-order valence-electron chi connectivity index (χ2n) is 2.48. The molecule has 0 aromatic heterocycles. The van der Waals surface area contributed by atoms with Crippen molar-refractivity contribution in [2.75, 3.05) is 0 Å². The number of fused-ring (bicyclic) bond motifs is 1. The molecule has 0 fully saturated rings. The maximum atomic E-state index is 5.71. The molecule has 2 rings (SSSR count). The van der Waals surface area contributed by atoms with E-state index in [0.717, 1.165) is 0 Å². The quantitative estimate of drug-likeness (QED) is 0.522. The zero-order valence-corrected chi connectivity index (χ0v) is 6.57. The summed E-state index contributed by atoms with van der Waals surface area (Å²) in [5, 5.41) is 0.563. The van der Waals surface area contributed by atoms with Gasteiger partial charge < -0.3 is 0 Å².